The number of nitrogens with zero attached hydrogens (tertiary/aromatic N) is 1. The Morgan fingerprint density at radius 2 is 1.69 bits per heavy atom. The summed E-state index contributed by atoms with van der Waals surface area (Å²) < 4.78 is 0. The zero-order valence-corrected chi connectivity index (χ0v) is 15.1. The topological polar surface area (TPSA) is 68.6 Å². The van der Waals surface area contributed by atoms with Crippen LogP contribution in [0.2, 0.25) is 0 Å². The fourth-order valence-electron chi connectivity index (χ4n) is 2.79. The summed E-state index contributed by atoms with van der Waals surface area (Å²) in [6.45, 7) is 3.97. The van der Waals surface area contributed by atoms with Crippen molar-refractivity contribution in [1.82, 2.24) is 4.98 Å². The highest BCUT2D eigenvalue weighted by Crippen LogP contribution is 2.32. The van der Waals surface area contributed by atoms with Gasteiger partial charge in [0.1, 0.15) is 5.75 Å². The minimum absolute atomic E-state index is 0.144. The van der Waals surface area contributed by atoms with Crippen molar-refractivity contribution in [2.45, 2.75) is 13.8 Å². The predicted octanol–water partition coefficient (Wildman–Crippen LogP) is 5.30. The highest BCUT2D eigenvalue weighted by atomic mass is 16.3. The summed E-state index contributed by atoms with van der Waals surface area (Å²) in [6, 6.07) is 13.1. The van der Waals surface area contributed by atoms with Crippen LogP contribution in [0.25, 0.3) is 28.1 Å². The molecule has 132 valence electrons. The molecule has 0 saturated heterocycles. The Balaban J connectivity index is 2.01. The fourth-order valence-corrected chi connectivity index (χ4v) is 2.79. The summed E-state index contributed by atoms with van der Waals surface area (Å²) in [5, 5.41) is 20.7. The molecule has 0 aliphatic carbocycles. The zero-order chi connectivity index (χ0) is 18.7. The SMILES string of the molecule is CN=C(C)/C(C)=C\C=C\c1c(O)[nH]c2ccc(-c3ccc(O)cc3)cc12. The molecule has 0 saturated carbocycles. The maximum Gasteiger partial charge on any atom is 0.196 e. The average Bonchev–Trinajstić information content (AvgIpc) is 2.96. The van der Waals surface area contributed by atoms with Crippen LogP contribution >= 0.6 is 0 Å². The van der Waals surface area contributed by atoms with Crippen LogP contribution in [-0.4, -0.2) is 28.0 Å². The number of hydrogen-bond acceptors (Lipinski definition) is 3. The highest BCUT2D eigenvalue weighted by Gasteiger charge is 2.09. The number of H-pyrrole nitrogens is 1. The van der Waals surface area contributed by atoms with Crippen molar-refractivity contribution >= 4 is 22.7 Å². The summed E-state index contributed by atoms with van der Waals surface area (Å²) in [5.74, 6) is 0.386. The second-order valence-electron chi connectivity index (χ2n) is 6.21. The summed E-state index contributed by atoms with van der Waals surface area (Å²) >= 11 is 0. The smallest absolute Gasteiger partial charge is 0.196 e. The molecule has 3 N–H and O–H groups in total. The monoisotopic (exact) mass is 346 g/mol. The third-order valence-electron chi connectivity index (χ3n) is 4.53. The first-order valence-electron chi connectivity index (χ1n) is 8.42. The van der Waals surface area contributed by atoms with E-state index in [2.05, 4.69) is 9.98 Å². The molecule has 0 fully saturated rings. The van der Waals surface area contributed by atoms with E-state index in [0.29, 0.717) is 0 Å². The molecule has 0 aliphatic heterocycles. The average molecular weight is 346 g/mol. The molecule has 1 aromatic heterocycles. The van der Waals surface area contributed by atoms with Gasteiger partial charge in [-0.3, -0.25) is 4.99 Å². The molecule has 1 heterocycles. The van der Waals surface area contributed by atoms with E-state index in [9.17, 15) is 10.2 Å². The van der Waals surface area contributed by atoms with E-state index in [1.165, 1.54) is 0 Å². The van der Waals surface area contributed by atoms with Gasteiger partial charge in [0.2, 0.25) is 0 Å². The minimum Gasteiger partial charge on any atom is -0.508 e. The molecule has 3 aromatic rings. The number of aliphatic imine (C=N–C) groups is 1. The molecule has 3 rings (SSSR count). The van der Waals surface area contributed by atoms with Crippen LogP contribution in [0.4, 0.5) is 0 Å². The number of nitrogens with one attached hydrogen (secondary N) is 1. The first kappa shape index (κ1) is 17.5. The number of fused-ring (bicyclic) bond motifs is 1. The molecule has 26 heavy (non-hydrogen) atoms. The normalized spacial score (nSPS) is 13.0. The summed E-state index contributed by atoms with van der Waals surface area (Å²) in [6.07, 6.45) is 5.78. The van der Waals surface area contributed by atoms with Gasteiger partial charge >= 0.3 is 0 Å². The molecule has 0 unspecified atom stereocenters. The fraction of sp³-hybridized carbons (Fsp3) is 0.136. The minimum atomic E-state index is 0.144. The van der Waals surface area contributed by atoms with E-state index < -0.39 is 0 Å². The lowest BCUT2D eigenvalue weighted by molar-refractivity contribution is 0.457. The van der Waals surface area contributed by atoms with Crippen molar-refractivity contribution in [2.75, 3.05) is 7.05 Å². The third kappa shape index (κ3) is 3.54. The van der Waals surface area contributed by atoms with E-state index in [1.807, 2.05) is 62.4 Å². The van der Waals surface area contributed by atoms with Crippen LogP contribution in [-0.2, 0) is 0 Å². The van der Waals surface area contributed by atoms with Gasteiger partial charge in [0.05, 0.1) is 0 Å². The maximum atomic E-state index is 10.3. The number of phenolic OH excluding ortho intramolecular Hbond substituents is 1. The van der Waals surface area contributed by atoms with Crippen molar-refractivity contribution in [2.24, 2.45) is 4.99 Å². The maximum absolute atomic E-state index is 10.3. The standard InChI is InChI=1S/C22H22N2O2/c1-14(15(2)23-3)5-4-6-19-20-13-17(9-12-21(20)24-22(19)26)16-7-10-18(25)11-8-16/h4-13,24-26H,1-3H3/b6-4+,14-5-,23-15?. The summed E-state index contributed by atoms with van der Waals surface area (Å²) in [5.41, 5.74) is 5.70. The van der Waals surface area contributed by atoms with Gasteiger partial charge < -0.3 is 15.2 Å². The van der Waals surface area contributed by atoms with Crippen LogP contribution < -0.4 is 0 Å². The molecule has 0 bridgehead atoms. The molecule has 0 atom stereocenters. The number of aromatic nitrogens is 1. The van der Waals surface area contributed by atoms with Gasteiger partial charge in [0, 0.05) is 29.2 Å². The van der Waals surface area contributed by atoms with E-state index in [1.54, 1.807) is 19.2 Å². The number of phenols is 1. The number of aromatic amines is 1. The lowest BCUT2D eigenvalue weighted by atomic mass is 10.0. The van der Waals surface area contributed by atoms with Crippen molar-refractivity contribution in [1.29, 1.82) is 0 Å². The summed E-state index contributed by atoms with van der Waals surface area (Å²) in [7, 11) is 1.77. The Kier molecular flexibility index (Phi) is 4.94. The Morgan fingerprint density at radius 1 is 1.00 bits per heavy atom. The molecule has 0 aliphatic rings. The van der Waals surface area contributed by atoms with E-state index in [0.717, 1.165) is 38.9 Å². The van der Waals surface area contributed by atoms with Crippen LogP contribution in [0, 0.1) is 0 Å². The van der Waals surface area contributed by atoms with Crippen LogP contribution in [0.1, 0.15) is 19.4 Å². The van der Waals surface area contributed by atoms with E-state index in [4.69, 9.17) is 0 Å². The molecule has 4 nitrogen and oxygen atoms in total. The van der Waals surface area contributed by atoms with E-state index in [-0.39, 0.29) is 11.6 Å². The first-order valence-corrected chi connectivity index (χ1v) is 8.42. The number of rotatable bonds is 4. The number of benzene rings is 2. The Morgan fingerprint density at radius 3 is 2.38 bits per heavy atom. The molecule has 0 spiro atoms. The van der Waals surface area contributed by atoms with Gasteiger partial charge in [0.25, 0.3) is 0 Å². The molecular formula is C22H22N2O2. The Labute approximate surface area is 152 Å². The number of allylic oxidation sites excluding steroid dienone is 3. The second-order valence-corrected chi connectivity index (χ2v) is 6.21. The van der Waals surface area contributed by atoms with Gasteiger partial charge in [-0.15, -0.1) is 0 Å². The van der Waals surface area contributed by atoms with Gasteiger partial charge in [-0.25, -0.2) is 0 Å². The first-order chi connectivity index (χ1) is 12.5. The van der Waals surface area contributed by atoms with Crippen molar-refractivity contribution < 1.29 is 10.2 Å². The molecular weight excluding hydrogens is 324 g/mol. The second kappa shape index (κ2) is 7.31. The van der Waals surface area contributed by atoms with Gasteiger partial charge in [0.15, 0.2) is 5.88 Å². The number of aromatic hydroxyl groups is 2. The lowest BCUT2D eigenvalue weighted by Gasteiger charge is -2.03. The predicted molar refractivity (Wildman–Crippen MR) is 109 cm³/mol. The van der Waals surface area contributed by atoms with Gasteiger partial charge in [-0.2, -0.15) is 0 Å². The van der Waals surface area contributed by atoms with Crippen LogP contribution in [0.15, 0.2) is 65.2 Å². The van der Waals surface area contributed by atoms with Crippen molar-refractivity contribution in [3.8, 4) is 22.8 Å². The zero-order valence-electron chi connectivity index (χ0n) is 15.1. The molecule has 4 heteroatoms. The third-order valence-corrected chi connectivity index (χ3v) is 4.53. The lowest BCUT2D eigenvalue weighted by Crippen LogP contribution is -1.91. The molecule has 0 radical (unpaired) electrons. The largest absolute Gasteiger partial charge is 0.508 e. The Bertz CT molecular complexity index is 1020. The van der Waals surface area contributed by atoms with Gasteiger partial charge in [-0.05, 0) is 60.9 Å². The van der Waals surface area contributed by atoms with E-state index >= 15 is 0 Å². The quantitative estimate of drug-likeness (QED) is 0.443. The van der Waals surface area contributed by atoms with Crippen molar-refractivity contribution in [3.05, 3.63) is 65.8 Å². The Hall–Kier alpha value is -3.27. The van der Waals surface area contributed by atoms with Crippen LogP contribution in [0.3, 0.4) is 0 Å². The number of hydrogen-bond donors (Lipinski definition) is 3. The molecule has 0 amide bonds. The summed E-state index contributed by atoms with van der Waals surface area (Å²) in [4.78, 5) is 7.17. The molecule has 2 aromatic carbocycles. The van der Waals surface area contributed by atoms with Gasteiger partial charge in [-0.1, -0.05) is 30.4 Å². The van der Waals surface area contributed by atoms with Crippen molar-refractivity contribution in [3.63, 3.8) is 0 Å². The van der Waals surface area contributed by atoms with Crippen LogP contribution in [0.5, 0.6) is 11.6 Å². The highest BCUT2D eigenvalue weighted by molar-refractivity contribution is 5.98.